The summed E-state index contributed by atoms with van der Waals surface area (Å²) in [5.41, 5.74) is 0. The summed E-state index contributed by atoms with van der Waals surface area (Å²) in [6, 6.07) is 2.98. The zero-order valence-electron chi connectivity index (χ0n) is 11.6. The van der Waals surface area contributed by atoms with Gasteiger partial charge in [0.15, 0.2) is 0 Å². The Morgan fingerprint density at radius 3 is 2.76 bits per heavy atom. The van der Waals surface area contributed by atoms with Crippen molar-refractivity contribution in [2.45, 2.75) is 31.9 Å². The van der Waals surface area contributed by atoms with Gasteiger partial charge < -0.3 is 14.3 Å². The molecule has 8 nitrogen and oxygen atoms in total. The van der Waals surface area contributed by atoms with Gasteiger partial charge >= 0.3 is 11.9 Å². The molecule has 1 saturated heterocycles. The van der Waals surface area contributed by atoms with Crippen LogP contribution in [0.25, 0.3) is 0 Å². The van der Waals surface area contributed by atoms with Gasteiger partial charge in [0.1, 0.15) is 10.7 Å². The fourth-order valence-corrected chi connectivity index (χ4v) is 2.32. The summed E-state index contributed by atoms with van der Waals surface area (Å²) in [4.78, 5) is 22.5. The van der Waals surface area contributed by atoms with E-state index in [1.54, 1.807) is 6.07 Å². The molecule has 0 bridgehead atoms. The molecule has 0 aromatic carbocycles. The lowest BCUT2D eigenvalue weighted by Gasteiger charge is -2.31. The second kappa shape index (κ2) is 7.19. The fourth-order valence-electron chi connectivity index (χ4n) is 2.32. The number of nitrogens with zero attached hydrogens (tertiary/aromatic N) is 2. The molecular weight excluding hydrogens is 280 g/mol. The van der Waals surface area contributed by atoms with Crippen LogP contribution in [-0.2, 0) is 16.1 Å². The molecule has 1 N–H and O–H groups in total. The van der Waals surface area contributed by atoms with Crippen LogP contribution in [0.2, 0.25) is 0 Å². The average molecular weight is 298 g/mol. The summed E-state index contributed by atoms with van der Waals surface area (Å²) < 4.78 is 10.6. The van der Waals surface area contributed by atoms with Gasteiger partial charge in [-0.05, 0) is 18.9 Å². The zero-order valence-corrected chi connectivity index (χ0v) is 11.6. The molecule has 1 aliphatic heterocycles. The van der Waals surface area contributed by atoms with Crippen molar-refractivity contribution in [2.24, 2.45) is 0 Å². The number of hydrogen-bond acceptors (Lipinski definition) is 6. The SMILES string of the molecule is O=C(O)CCOC1CCN(Cc2ccc([N+](=O)[O-])o2)CC1. The number of carboxylic acid groups (broad SMARTS) is 1. The van der Waals surface area contributed by atoms with Crippen LogP contribution in [0, 0.1) is 10.1 Å². The van der Waals surface area contributed by atoms with E-state index in [2.05, 4.69) is 4.90 Å². The number of ether oxygens (including phenoxy) is 1. The first-order valence-corrected chi connectivity index (χ1v) is 6.83. The molecule has 0 unspecified atom stereocenters. The third-order valence-corrected chi connectivity index (χ3v) is 3.41. The van der Waals surface area contributed by atoms with E-state index in [1.165, 1.54) is 6.07 Å². The maximum absolute atomic E-state index is 10.5. The summed E-state index contributed by atoms with van der Waals surface area (Å²) in [6.45, 7) is 2.37. The molecule has 0 saturated carbocycles. The van der Waals surface area contributed by atoms with Gasteiger partial charge in [0.05, 0.1) is 31.7 Å². The number of aliphatic carboxylic acids is 1. The van der Waals surface area contributed by atoms with Crippen LogP contribution in [0.5, 0.6) is 0 Å². The lowest BCUT2D eigenvalue weighted by Crippen LogP contribution is -2.36. The smallest absolute Gasteiger partial charge is 0.433 e. The molecule has 0 aliphatic carbocycles. The molecule has 1 aliphatic rings. The third-order valence-electron chi connectivity index (χ3n) is 3.41. The molecule has 0 amide bonds. The quantitative estimate of drug-likeness (QED) is 0.602. The summed E-state index contributed by atoms with van der Waals surface area (Å²) in [6.07, 6.45) is 1.76. The topological polar surface area (TPSA) is 106 Å². The number of carbonyl (C=O) groups is 1. The highest BCUT2D eigenvalue weighted by Gasteiger charge is 2.21. The van der Waals surface area contributed by atoms with Crippen molar-refractivity contribution < 1.29 is 24.0 Å². The molecule has 8 heteroatoms. The summed E-state index contributed by atoms with van der Waals surface area (Å²) in [5.74, 6) is -0.518. The first-order chi connectivity index (χ1) is 10.0. The third kappa shape index (κ3) is 4.83. The van der Waals surface area contributed by atoms with Crippen molar-refractivity contribution in [3.05, 3.63) is 28.0 Å². The Balaban J connectivity index is 1.71. The van der Waals surface area contributed by atoms with Gasteiger partial charge in [0, 0.05) is 13.1 Å². The molecular formula is C13H18N2O6. The van der Waals surface area contributed by atoms with Crippen LogP contribution in [0.1, 0.15) is 25.0 Å². The Morgan fingerprint density at radius 1 is 1.48 bits per heavy atom. The first kappa shape index (κ1) is 15.5. The lowest BCUT2D eigenvalue weighted by molar-refractivity contribution is -0.402. The predicted octanol–water partition coefficient (Wildman–Crippen LogP) is 1.64. The van der Waals surface area contributed by atoms with Crippen molar-refractivity contribution in [3.8, 4) is 0 Å². The van der Waals surface area contributed by atoms with Crippen LogP contribution in [-0.4, -0.2) is 46.7 Å². The van der Waals surface area contributed by atoms with Crippen molar-refractivity contribution in [3.63, 3.8) is 0 Å². The Kier molecular flexibility index (Phi) is 5.29. The Hall–Kier alpha value is -1.93. The van der Waals surface area contributed by atoms with E-state index in [0.717, 1.165) is 25.9 Å². The van der Waals surface area contributed by atoms with Gasteiger partial charge in [0.2, 0.25) is 0 Å². The van der Waals surface area contributed by atoms with Gasteiger partial charge in [0.25, 0.3) is 0 Å². The second-order valence-corrected chi connectivity index (χ2v) is 4.99. The van der Waals surface area contributed by atoms with Crippen LogP contribution in [0.15, 0.2) is 16.5 Å². The van der Waals surface area contributed by atoms with Crippen LogP contribution < -0.4 is 0 Å². The standard InChI is InChI=1S/C13H18N2O6/c16-13(17)5-8-20-10-3-6-14(7-4-10)9-11-1-2-12(21-11)15(18)19/h1-2,10H,3-9H2,(H,16,17). The monoisotopic (exact) mass is 298 g/mol. The first-order valence-electron chi connectivity index (χ1n) is 6.83. The molecule has 2 rings (SSSR count). The van der Waals surface area contributed by atoms with Crippen molar-refractivity contribution >= 4 is 11.9 Å². The number of rotatable bonds is 7. The Bertz CT molecular complexity index is 493. The second-order valence-electron chi connectivity index (χ2n) is 4.99. The maximum atomic E-state index is 10.5. The average Bonchev–Trinajstić information content (AvgIpc) is 2.89. The van der Waals surface area contributed by atoms with E-state index >= 15 is 0 Å². The summed E-state index contributed by atoms with van der Waals surface area (Å²) in [7, 11) is 0. The zero-order chi connectivity index (χ0) is 15.2. The molecule has 0 atom stereocenters. The largest absolute Gasteiger partial charge is 0.481 e. The van der Waals surface area contributed by atoms with Crippen LogP contribution in [0.3, 0.4) is 0 Å². The summed E-state index contributed by atoms with van der Waals surface area (Å²) in [5, 5.41) is 19.1. The fraction of sp³-hybridized carbons (Fsp3) is 0.615. The molecule has 0 radical (unpaired) electrons. The molecule has 0 spiro atoms. The van der Waals surface area contributed by atoms with E-state index < -0.39 is 10.9 Å². The van der Waals surface area contributed by atoms with E-state index in [1.807, 2.05) is 0 Å². The van der Waals surface area contributed by atoms with E-state index in [4.69, 9.17) is 14.3 Å². The number of likely N-dealkylation sites (tertiary alicyclic amines) is 1. The van der Waals surface area contributed by atoms with Gasteiger partial charge in [-0.2, -0.15) is 0 Å². The molecule has 1 fully saturated rings. The lowest BCUT2D eigenvalue weighted by atomic mass is 10.1. The van der Waals surface area contributed by atoms with Crippen LogP contribution in [0.4, 0.5) is 5.88 Å². The Labute approximate surface area is 121 Å². The molecule has 21 heavy (non-hydrogen) atoms. The summed E-state index contributed by atoms with van der Waals surface area (Å²) >= 11 is 0. The molecule has 116 valence electrons. The highest BCUT2D eigenvalue weighted by atomic mass is 16.6. The van der Waals surface area contributed by atoms with Crippen LogP contribution >= 0.6 is 0 Å². The van der Waals surface area contributed by atoms with E-state index in [0.29, 0.717) is 12.3 Å². The van der Waals surface area contributed by atoms with Crippen molar-refractivity contribution in [1.82, 2.24) is 4.90 Å². The molecule has 2 heterocycles. The number of furan rings is 1. The predicted molar refractivity (Wildman–Crippen MR) is 71.9 cm³/mol. The number of piperidine rings is 1. The van der Waals surface area contributed by atoms with E-state index in [9.17, 15) is 14.9 Å². The molecule has 1 aromatic rings. The number of carboxylic acids is 1. The minimum atomic E-state index is -0.855. The normalized spacial score (nSPS) is 17.0. The van der Waals surface area contributed by atoms with Gasteiger partial charge in [-0.25, -0.2) is 0 Å². The minimum Gasteiger partial charge on any atom is -0.481 e. The Morgan fingerprint density at radius 2 is 2.19 bits per heavy atom. The van der Waals surface area contributed by atoms with Gasteiger partial charge in [-0.15, -0.1) is 0 Å². The number of nitro groups is 1. The molecule has 1 aromatic heterocycles. The van der Waals surface area contributed by atoms with Gasteiger partial charge in [-0.1, -0.05) is 0 Å². The highest BCUT2D eigenvalue weighted by molar-refractivity contribution is 5.66. The van der Waals surface area contributed by atoms with Crippen molar-refractivity contribution in [2.75, 3.05) is 19.7 Å². The van der Waals surface area contributed by atoms with E-state index in [-0.39, 0.29) is 25.0 Å². The van der Waals surface area contributed by atoms with Crippen molar-refractivity contribution in [1.29, 1.82) is 0 Å². The maximum Gasteiger partial charge on any atom is 0.433 e. The minimum absolute atomic E-state index is 0.0241. The number of hydrogen-bond donors (Lipinski definition) is 1. The highest BCUT2D eigenvalue weighted by Crippen LogP contribution is 2.20. The van der Waals surface area contributed by atoms with Gasteiger partial charge in [-0.3, -0.25) is 19.8 Å².